The Morgan fingerprint density at radius 1 is 1.26 bits per heavy atom. The molecule has 0 unspecified atom stereocenters. The topological polar surface area (TPSA) is 84.4 Å². The molecular formula is C25H30F2N4O3. The fraction of sp³-hybridized carbons (Fsp3) is 0.440. The number of aldehydes is 1. The quantitative estimate of drug-likeness (QED) is 0.332. The molecule has 1 N–H and O–H groups in total. The molecule has 0 saturated carbocycles. The molecule has 9 heteroatoms. The van der Waals surface area contributed by atoms with Crippen LogP contribution in [0, 0.1) is 6.92 Å². The summed E-state index contributed by atoms with van der Waals surface area (Å²) >= 11 is 0. The van der Waals surface area contributed by atoms with Gasteiger partial charge in [-0.3, -0.25) is 4.79 Å². The van der Waals surface area contributed by atoms with E-state index < -0.39 is 11.9 Å². The zero-order valence-electron chi connectivity index (χ0n) is 19.7. The number of nitrogens with zero attached hydrogens (tertiary/aromatic N) is 3. The number of hydrogen-bond donors (Lipinski definition) is 1. The predicted octanol–water partition coefficient (Wildman–Crippen LogP) is 4.25. The van der Waals surface area contributed by atoms with Crippen LogP contribution in [-0.2, 0) is 17.8 Å². The third-order valence-electron chi connectivity index (χ3n) is 5.87. The van der Waals surface area contributed by atoms with Crippen molar-refractivity contribution < 1.29 is 23.1 Å². The van der Waals surface area contributed by atoms with E-state index in [1.165, 1.54) is 6.20 Å². The van der Waals surface area contributed by atoms with Crippen molar-refractivity contribution in [2.45, 2.75) is 52.6 Å². The van der Waals surface area contributed by atoms with Crippen LogP contribution in [0.1, 0.15) is 64.2 Å². The number of halogens is 2. The Morgan fingerprint density at radius 2 is 2.00 bits per heavy atom. The monoisotopic (exact) mass is 472 g/mol. The zero-order valence-corrected chi connectivity index (χ0v) is 19.7. The first-order chi connectivity index (χ1) is 16.2. The molecule has 0 spiro atoms. The van der Waals surface area contributed by atoms with Crippen molar-refractivity contribution in [1.29, 1.82) is 0 Å². The summed E-state index contributed by atoms with van der Waals surface area (Å²) in [5.74, 6) is -2.47. The molecule has 0 radical (unpaired) electrons. The summed E-state index contributed by atoms with van der Waals surface area (Å²) in [6.45, 7) is 7.00. The van der Waals surface area contributed by atoms with Gasteiger partial charge in [0.05, 0.1) is 0 Å². The van der Waals surface area contributed by atoms with Gasteiger partial charge in [0.1, 0.15) is 12.4 Å². The lowest BCUT2D eigenvalue weighted by atomic mass is 10.1. The molecule has 1 fully saturated rings. The number of allylic oxidation sites excluding steroid dienone is 1. The minimum Gasteiger partial charge on any atom is -0.456 e. The van der Waals surface area contributed by atoms with Gasteiger partial charge in [-0.05, 0) is 49.6 Å². The molecule has 2 aromatic rings. The summed E-state index contributed by atoms with van der Waals surface area (Å²) in [5, 5.41) is 3.23. The van der Waals surface area contributed by atoms with Crippen LogP contribution in [0.4, 0.5) is 14.6 Å². The Hall–Kier alpha value is -3.20. The van der Waals surface area contributed by atoms with Gasteiger partial charge < -0.3 is 15.0 Å². The number of rotatable bonds is 9. The van der Waals surface area contributed by atoms with Gasteiger partial charge >= 0.3 is 5.97 Å². The van der Waals surface area contributed by atoms with E-state index in [1.807, 2.05) is 37.8 Å². The van der Waals surface area contributed by atoms with Crippen LogP contribution in [0.2, 0.25) is 0 Å². The largest absolute Gasteiger partial charge is 0.456 e. The van der Waals surface area contributed by atoms with E-state index in [1.54, 1.807) is 12.3 Å². The molecule has 0 bridgehead atoms. The number of carbonyl (C=O) groups is 2. The lowest BCUT2D eigenvalue weighted by Gasteiger charge is -2.33. The Bertz CT molecular complexity index is 1060. The fourth-order valence-corrected chi connectivity index (χ4v) is 3.74. The maximum absolute atomic E-state index is 13.5. The molecule has 1 saturated heterocycles. The number of hydrogen-bond acceptors (Lipinski definition) is 7. The lowest BCUT2D eigenvalue weighted by Crippen LogP contribution is -2.40. The van der Waals surface area contributed by atoms with Crippen LogP contribution < -0.4 is 10.2 Å². The third kappa shape index (κ3) is 6.44. The lowest BCUT2D eigenvalue weighted by molar-refractivity contribution is -0.0221. The van der Waals surface area contributed by atoms with E-state index in [0.29, 0.717) is 24.0 Å². The highest BCUT2D eigenvalue weighted by Crippen LogP contribution is 2.31. The second-order valence-corrected chi connectivity index (χ2v) is 8.49. The van der Waals surface area contributed by atoms with Crippen molar-refractivity contribution in [3.05, 3.63) is 64.1 Å². The number of anilines is 1. The van der Waals surface area contributed by atoms with Gasteiger partial charge in [-0.1, -0.05) is 6.08 Å². The van der Waals surface area contributed by atoms with Crippen molar-refractivity contribution in [2.75, 3.05) is 24.6 Å². The Labute approximate surface area is 198 Å². The Morgan fingerprint density at radius 3 is 2.65 bits per heavy atom. The van der Waals surface area contributed by atoms with E-state index in [0.717, 1.165) is 22.5 Å². The average molecular weight is 473 g/mol. The first kappa shape index (κ1) is 25.4. The van der Waals surface area contributed by atoms with E-state index >= 15 is 0 Å². The number of pyridine rings is 2. The van der Waals surface area contributed by atoms with Crippen molar-refractivity contribution in [3.8, 4) is 0 Å². The molecule has 3 rings (SSSR count). The van der Waals surface area contributed by atoms with Gasteiger partial charge in [-0.2, -0.15) is 0 Å². The highest BCUT2D eigenvalue weighted by Gasteiger charge is 2.34. The molecule has 3 heterocycles. The molecule has 0 aliphatic carbocycles. The van der Waals surface area contributed by atoms with Crippen LogP contribution >= 0.6 is 0 Å². The summed E-state index contributed by atoms with van der Waals surface area (Å²) in [4.78, 5) is 34.6. The second kappa shape index (κ2) is 11.3. The number of carbonyl (C=O) groups excluding carboxylic acids is 2. The number of alkyl halides is 2. The van der Waals surface area contributed by atoms with Crippen LogP contribution in [0.15, 0.2) is 36.2 Å². The van der Waals surface area contributed by atoms with Gasteiger partial charge in [0.25, 0.3) is 5.92 Å². The van der Waals surface area contributed by atoms with Crippen LogP contribution in [0.3, 0.4) is 0 Å². The summed E-state index contributed by atoms with van der Waals surface area (Å²) in [6, 6.07) is 3.52. The molecule has 7 nitrogen and oxygen atoms in total. The van der Waals surface area contributed by atoms with Crippen LogP contribution in [0.5, 0.6) is 0 Å². The molecule has 2 aromatic heterocycles. The van der Waals surface area contributed by atoms with Crippen molar-refractivity contribution >= 4 is 18.1 Å². The number of aryl methyl sites for hydroxylation is 1. The Kier molecular flexibility index (Phi) is 8.44. The van der Waals surface area contributed by atoms with E-state index in [2.05, 4.69) is 15.3 Å². The van der Waals surface area contributed by atoms with Crippen molar-refractivity contribution in [1.82, 2.24) is 15.3 Å². The fourth-order valence-electron chi connectivity index (χ4n) is 3.74. The standard InChI is InChI=1S/C25H30F2N4O3/c1-4-17(2)16-34-24(33)22-21(20(15-32)5-8-29-22)14-28-12-19-11-18(3)23(30-13-19)31-9-6-25(26,27)7-10-31/h4-5,8,11,13,15,28H,6-7,9-10,12,14,16H2,1-3H3/b17-4-. The Balaban J connectivity index is 1.65. The third-order valence-corrected chi connectivity index (χ3v) is 5.87. The maximum atomic E-state index is 13.5. The molecule has 182 valence electrons. The minimum absolute atomic E-state index is 0.104. The van der Waals surface area contributed by atoms with Crippen molar-refractivity contribution in [2.24, 2.45) is 0 Å². The molecule has 1 aliphatic rings. The summed E-state index contributed by atoms with van der Waals surface area (Å²) in [5.41, 5.74) is 3.65. The number of ether oxygens (including phenoxy) is 1. The highest BCUT2D eigenvalue weighted by atomic mass is 19.3. The molecule has 0 atom stereocenters. The van der Waals surface area contributed by atoms with E-state index in [9.17, 15) is 18.4 Å². The zero-order chi connectivity index (χ0) is 24.7. The molecule has 0 amide bonds. The van der Waals surface area contributed by atoms with Gasteiger partial charge in [0.15, 0.2) is 12.0 Å². The van der Waals surface area contributed by atoms with Crippen LogP contribution in [0.25, 0.3) is 0 Å². The average Bonchev–Trinajstić information content (AvgIpc) is 2.82. The first-order valence-electron chi connectivity index (χ1n) is 11.2. The maximum Gasteiger partial charge on any atom is 0.357 e. The van der Waals surface area contributed by atoms with Gasteiger partial charge in [-0.25, -0.2) is 23.5 Å². The van der Waals surface area contributed by atoms with Gasteiger partial charge in [0, 0.05) is 62.5 Å². The molecule has 0 aromatic carbocycles. The summed E-state index contributed by atoms with van der Waals surface area (Å²) in [6.07, 6.45) is 5.33. The van der Waals surface area contributed by atoms with Gasteiger partial charge in [0.2, 0.25) is 0 Å². The summed E-state index contributed by atoms with van der Waals surface area (Å²) in [7, 11) is 0. The first-order valence-corrected chi connectivity index (χ1v) is 11.2. The number of esters is 1. The summed E-state index contributed by atoms with van der Waals surface area (Å²) < 4.78 is 32.2. The number of aromatic nitrogens is 2. The van der Waals surface area contributed by atoms with E-state index in [-0.39, 0.29) is 44.8 Å². The molecule has 34 heavy (non-hydrogen) atoms. The number of nitrogens with one attached hydrogen (secondary N) is 1. The SMILES string of the molecule is C/C=C(/C)COC(=O)c1nccc(C=O)c1CNCc1cnc(N2CCC(F)(F)CC2)c(C)c1. The van der Waals surface area contributed by atoms with Crippen LogP contribution in [-0.4, -0.2) is 47.8 Å². The van der Waals surface area contributed by atoms with E-state index in [4.69, 9.17) is 4.74 Å². The normalized spacial score (nSPS) is 15.8. The number of piperidine rings is 1. The predicted molar refractivity (Wildman–Crippen MR) is 125 cm³/mol. The molecular weight excluding hydrogens is 442 g/mol. The highest BCUT2D eigenvalue weighted by molar-refractivity contribution is 5.92. The second-order valence-electron chi connectivity index (χ2n) is 8.49. The van der Waals surface area contributed by atoms with Gasteiger partial charge in [-0.15, -0.1) is 0 Å². The molecule has 1 aliphatic heterocycles. The smallest absolute Gasteiger partial charge is 0.357 e. The van der Waals surface area contributed by atoms with Crippen molar-refractivity contribution in [3.63, 3.8) is 0 Å². The minimum atomic E-state index is -2.60.